The van der Waals surface area contributed by atoms with E-state index >= 15 is 0 Å². The lowest BCUT2D eigenvalue weighted by molar-refractivity contribution is 0.0292. The second-order valence-electron chi connectivity index (χ2n) is 5.55. The van der Waals surface area contributed by atoms with Crippen LogP contribution in [0, 0.1) is 5.92 Å². The van der Waals surface area contributed by atoms with Crippen molar-refractivity contribution in [3.8, 4) is 5.69 Å². The highest BCUT2D eigenvalue weighted by atomic mass is 16.5. The molecule has 0 amide bonds. The lowest BCUT2D eigenvalue weighted by Crippen LogP contribution is -2.17. The maximum absolute atomic E-state index is 12.0. The van der Waals surface area contributed by atoms with Crippen LogP contribution in [0.4, 0.5) is 5.69 Å². The summed E-state index contributed by atoms with van der Waals surface area (Å²) in [5, 5.41) is 4.24. The first kappa shape index (κ1) is 15.1. The molecule has 0 radical (unpaired) electrons. The van der Waals surface area contributed by atoms with Crippen molar-refractivity contribution < 1.29 is 9.53 Å². The van der Waals surface area contributed by atoms with Crippen LogP contribution in [0.5, 0.6) is 0 Å². The fraction of sp³-hybridized carbons (Fsp3) is 0.375. The number of benzene rings is 1. The Morgan fingerprint density at radius 2 is 2.00 bits per heavy atom. The van der Waals surface area contributed by atoms with E-state index in [1.54, 1.807) is 23.0 Å². The number of anilines is 1. The van der Waals surface area contributed by atoms with Gasteiger partial charge in [0, 0.05) is 6.20 Å². The minimum atomic E-state index is -0.406. The predicted octanol–water partition coefficient (Wildman–Crippen LogP) is 3.05. The van der Waals surface area contributed by atoms with Gasteiger partial charge in [-0.3, -0.25) is 0 Å². The monoisotopic (exact) mass is 287 g/mol. The molecule has 1 unspecified atom stereocenters. The molecule has 1 atom stereocenters. The third-order valence-corrected chi connectivity index (χ3v) is 3.09. The molecule has 5 heteroatoms. The van der Waals surface area contributed by atoms with Gasteiger partial charge in [0.2, 0.25) is 0 Å². The third-order valence-electron chi connectivity index (χ3n) is 3.09. The van der Waals surface area contributed by atoms with Crippen LogP contribution < -0.4 is 5.73 Å². The standard InChI is InChI=1S/C16H21N3O2/c1-11(2)10-12(3)21-16(20)14-8-9-19(18-14)15-7-5-4-6-13(15)17/h4-9,11-12H,10,17H2,1-3H3. The zero-order valence-corrected chi connectivity index (χ0v) is 12.6. The Bertz CT molecular complexity index is 619. The summed E-state index contributed by atoms with van der Waals surface area (Å²) in [5.74, 6) is 0.0749. The van der Waals surface area contributed by atoms with Gasteiger partial charge in [0.05, 0.1) is 17.5 Å². The first-order valence-corrected chi connectivity index (χ1v) is 7.09. The molecule has 0 spiro atoms. The van der Waals surface area contributed by atoms with Gasteiger partial charge >= 0.3 is 5.97 Å². The fourth-order valence-electron chi connectivity index (χ4n) is 2.22. The van der Waals surface area contributed by atoms with E-state index in [1.807, 2.05) is 25.1 Å². The van der Waals surface area contributed by atoms with Gasteiger partial charge in [-0.1, -0.05) is 26.0 Å². The Balaban J connectivity index is 2.10. The van der Waals surface area contributed by atoms with Gasteiger partial charge < -0.3 is 10.5 Å². The van der Waals surface area contributed by atoms with Crippen LogP contribution in [-0.4, -0.2) is 21.9 Å². The van der Waals surface area contributed by atoms with Crippen molar-refractivity contribution in [3.63, 3.8) is 0 Å². The summed E-state index contributed by atoms with van der Waals surface area (Å²) in [6.07, 6.45) is 2.41. The number of para-hydroxylation sites is 2. The molecule has 1 aromatic heterocycles. The van der Waals surface area contributed by atoms with E-state index in [4.69, 9.17) is 10.5 Å². The van der Waals surface area contributed by atoms with Crippen LogP contribution >= 0.6 is 0 Å². The number of nitrogen functional groups attached to an aromatic ring is 1. The van der Waals surface area contributed by atoms with Crippen molar-refractivity contribution in [2.75, 3.05) is 5.73 Å². The highest BCUT2D eigenvalue weighted by Gasteiger charge is 2.16. The van der Waals surface area contributed by atoms with Crippen molar-refractivity contribution >= 4 is 11.7 Å². The van der Waals surface area contributed by atoms with Crippen molar-refractivity contribution in [2.24, 2.45) is 5.92 Å². The summed E-state index contributed by atoms with van der Waals surface area (Å²) in [6, 6.07) is 9.00. The average molecular weight is 287 g/mol. The molecule has 0 aliphatic heterocycles. The van der Waals surface area contributed by atoms with E-state index in [9.17, 15) is 4.79 Å². The van der Waals surface area contributed by atoms with E-state index in [0.717, 1.165) is 12.1 Å². The van der Waals surface area contributed by atoms with Crippen molar-refractivity contribution in [1.82, 2.24) is 9.78 Å². The first-order chi connectivity index (χ1) is 9.97. The lowest BCUT2D eigenvalue weighted by Gasteiger charge is -2.14. The molecule has 21 heavy (non-hydrogen) atoms. The number of nitrogens with zero attached hydrogens (tertiary/aromatic N) is 2. The number of aromatic nitrogens is 2. The Morgan fingerprint density at radius 1 is 1.29 bits per heavy atom. The van der Waals surface area contributed by atoms with Crippen molar-refractivity contribution in [2.45, 2.75) is 33.3 Å². The number of hydrogen-bond acceptors (Lipinski definition) is 4. The zero-order chi connectivity index (χ0) is 15.4. The largest absolute Gasteiger partial charge is 0.458 e. The highest BCUT2D eigenvalue weighted by molar-refractivity contribution is 5.87. The molecule has 1 heterocycles. The maximum Gasteiger partial charge on any atom is 0.359 e. The number of nitrogens with two attached hydrogens (primary N) is 1. The van der Waals surface area contributed by atoms with Gasteiger partial charge in [-0.05, 0) is 37.5 Å². The van der Waals surface area contributed by atoms with Crippen LogP contribution in [0.3, 0.4) is 0 Å². The van der Waals surface area contributed by atoms with E-state index in [1.165, 1.54) is 0 Å². The summed E-state index contributed by atoms with van der Waals surface area (Å²) in [6.45, 7) is 6.08. The molecule has 112 valence electrons. The van der Waals surface area contributed by atoms with E-state index in [-0.39, 0.29) is 11.8 Å². The quantitative estimate of drug-likeness (QED) is 0.678. The van der Waals surface area contributed by atoms with E-state index < -0.39 is 5.97 Å². The molecule has 0 aliphatic rings. The van der Waals surface area contributed by atoms with E-state index in [2.05, 4.69) is 18.9 Å². The van der Waals surface area contributed by atoms with Gasteiger partial charge in [0.25, 0.3) is 0 Å². The van der Waals surface area contributed by atoms with Gasteiger partial charge in [-0.2, -0.15) is 5.10 Å². The van der Waals surface area contributed by atoms with Crippen LogP contribution in [-0.2, 0) is 4.74 Å². The lowest BCUT2D eigenvalue weighted by atomic mass is 10.1. The van der Waals surface area contributed by atoms with Crippen LogP contribution in [0.15, 0.2) is 36.5 Å². The second-order valence-corrected chi connectivity index (χ2v) is 5.55. The molecule has 2 aromatic rings. The number of ether oxygens (including phenoxy) is 1. The second kappa shape index (κ2) is 6.43. The number of rotatable bonds is 5. The molecule has 0 saturated carbocycles. The van der Waals surface area contributed by atoms with Crippen molar-refractivity contribution in [1.29, 1.82) is 0 Å². The first-order valence-electron chi connectivity index (χ1n) is 7.09. The number of carbonyl (C=O) groups excluding carboxylic acids is 1. The number of carbonyl (C=O) groups is 1. The van der Waals surface area contributed by atoms with Crippen LogP contribution in [0.2, 0.25) is 0 Å². The molecule has 2 N–H and O–H groups in total. The Labute approximate surface area is 124 Å². The van der Waals surface area contributed by atoms with Crippen LogP contribution in [0.25, 0.3) is 5.69 Å². The summed E-state index contributed by atoms with van der Waals surface area (Å²) in [4.78, 5) is 12.0. The smallest absolute Gasteiger partial charge is 0.359 e. The topological polar surface area (TPSA) is 70.1 Å². The molecule has 0 bridgehead atoms. The minimum Gasteiger partial charge on any atom is -0.458 e. The normalized spacial score (nSPS) is 12.4. The molecular weight excluding hydrogens is 266 g/mol. The molecule has 2 rings (SSSR count). The van der Waals surface area contributed by atoms with Gasteiger partial charge in [-0.15, -0.1) is 0 Å². The summed E-state index contributed by atoms with van der Waals surface area (Å²) < 4.78 is 6.96. The average Bonchev–Trinajstić information content (AvgIpc) is 2.87. The molecular formula is C16H21N3O2. The third kappa shape index (κ3) is 3.84. The van der Waals surface area contributed by atoms with Crippen molar-refractivity contribution in [3.05, 3.63) is 42.2 Å². The van der Waals surface area contributed by atoms with Crippen LogP contribution in [0.1, 0.15) is 37.7 Å². The van der Waals surface area contributed by atoms with Gasteiger partial charge in [0.15, 0.2) is 5.69 Å². The maximum atomic E-state index is 12.0. The Kier molecular flexibility index (Phi) is 4.62. The molecule has 0 saturated heterocycles. The highest BCUT2D eigenvalue weighted by Crippen LogP contribution is 2.16. The summed E-state index contributed by atoms with van der Waals surface area (Å²) in [5.41, 5.74) is 7.53. The van der Waals surface area contributed by atoms with Gasteiger partial charge in [-0.25, -0.2) is 9.48 Å². The summed E-state index contributed by atoms with van der Waals surface area (Å²) >= 11 is 0. The Hall–Kier alpha value is -2.30. The Morgan fingerprint density at radius 3 is 2.67 bits per heavy atom. The molecule has 1 aromatic carbocycles. The minimum absolute atomic E-state index is 0.121. The van der Waals surface area contributed by atoms with Gasteiger partial charge in [0.1, 0.15) is 0 Å². The number of esters is 1. The number of hydrogen-bond donors (Lipinski definition) is 1. The predicted molar refractivity (Wildman–Crippen MR) is 82.3 cm³/mol. The molecule has 0 aliphatic carbocycles. The van der Waals surface area contributed by atoms with E-state index in [0.29, 0.717) is 11.6 Å². The SMILES string of the molecule is CC(C)CC(C)OC(=O)c1ccn(-c2ccccc2N)n1. The molecule has 0 fully saturated rings. The fourth-order valence-corrected chi connectivity index (χ4v) is 2.22. The summed E-state index contributed by atoms with van der Waals surface area (Å²) in [7, 11) is 0. The molecule has 5 nitrogen and oxygen atoms in total. The zero-order valence-electron chi connectivity index (χ0n) is 12.6.